The zero-order valence-corrected chi connectivity index (χ0v) is 21.6. The van der Waals surface area contributed by atoms with Crippen LogP contribution < -0.4 is 0 Å². The van der Waals surface area contributed by atoms with Crippen molar-refractivity contribution in [1.82, 2.24) is 0 Å². The molecule has 0 aromatic carbocycles. The minimum atomic E-state index is -2.03. The molecule has 0 aliphatic heterocycles. The number of ketones is 1. The quantitative estimate of drug-likeness (QED) is 0.274. The van der Waals surface area contributed by atoms with Gasteiger partial charge in [0.15, 0.2) is 11.4 Å². The number of carboxylic acid groups (broad SMARTS) is 1. The summed E-state index contributed by atoms with van der Waals surface area (Å²) in [6.07, 6.45) is 0.246. The van der Waals surface area contributed by atoms with Crippen molar-refractivity contribution in [1.29, 1.82) is 0 Å². The van der Waals surface area contributed by atoms with Crippen molar-refractivity contribution in [3.8, 4) is 0 Å². The molecular formula is C27H42O9. The largest absolute Gasteiger partial charge is 0.479 e. The lowest BCUT2D eigenvalue weighted by molar-refractivity contribution is -0.178. The molecule has 11 unspecified atom stereocenters. The SMILES string of the molecule is CC(O)(CCC(O)C(C)(O)C1CCC2(O)C3=CC(=O)C4CC(O)C(O)CC4(C)C3CCC12C)C(=O)O. The molecule has 9 heteroatoms. The van der Waals surface area contributed by atoms with Crippen molar-refractivity contribution in [2.75, 3.05) is 0 Å². The Kier molecular flexibility index (Phi) is 6.59. The van der Waals surface area contributed by atoms with E-state index in [1.165, 1.54) is 13.0 Å². The Morgan fingerprint density at radius 3 is 2.36 bits per heavy atom. The highest BCUT2D eigenvalue weighted by Gasteiger charge is 2.69. The van der Waals surface area contributed by atoms with Gasteiger partial charge in [-0.25, -0.2) is 4.79 Å². The number of carboxylic acids is 1. The Morgan fingerprint density at radius 1 is 1.11 bits per heavy atom. The predicted molar refractivity (Wildman–Crippen MR) is 129 cm³/mol. The van der Waals surface area contributed by atoms with Crippen molar-refractivity contribution < 1.29 is 45.3 Å². The summed E-state index contributed by atoms with van der Waals surface area (Å²) in [6.45, 7) is 6.50. The summed E-state index contributed by atoms with van der Waals surface area (Å²) in [4.78, 5) is 24.5. The van der Waals surface area contributed by atoms with E-state index < -0.39 is 63.8 Å². The summed E-state index contributed by atoms with van der Waals surface area (Å²) >= 11 is 0. The van der Waals surface area contributed by atoms with E-state index in [0.29, 0.717) is 31.3 Å². The average molecular weight is 511 g/mol. The first-order valence-electron chi connectivity index (χ1n) is 13.1. The predicted octanol–water partition coefficient (Wildman–Crippen LogP) is 0.919. The molecule has 0 spiro atoms. The van der Waals surface area contributed by atoms with Crippen LogP contribution in [0.4, 0.5) is 0 Å². The zero-order chi connectivity index (χ0) is 27.1. The van der Waals surface area contributed by atoms with Gasteiger partial charge in [0.05, 0.1) is 29.5 Å². The van der Waals surface area contributed by atoms with Gasteiger partial charge in [0.1, 0.15) is 0 Å². The number of allylic oxidation sites excluding steroid dienone is 1. The molecule has 9 nitrogen and oxygen atoms in total. The van der Waals surface area contributed by atoms with Gasteiger partial charge in [-0.1, -0.05) is 13.8 Å². The second kappa shape index (κ2) is 8.58. The van der Waals surface area contributed by atoms with E-state index in [9.17, 15) is 45.3 Å². The van der Waals surface area contributed by atoms with E-state index in [2.05, 4.69) is 0 Å². The third-order valence-electron chi connectivity index (χ3n) is 10.9. The Morgan fingerprint density at radius 2 is 1.75 bits per heavy atom. The van der Waals surface area contributed by atoms with Gasteiger partial charge in [-0.2, -0.15) is 0 Å². The number of fused-ring (bicyclic) bond motifs is 5. The first-order valence-corrected chi connectivity index (χ1v) is 13.1. The van der Waals surface area contributed by atoms with Crippen LogP contribution in [0.1, 0.15) is 79.1 Å². The van der Waals surface area contributed by atoms with Crippen LogP contribution in [0.3, 0.4) is 0 Å². The Labute approximate surface area is 211 Å². The fraction of sp³-hybridized carbons (Fsp3) is 0.852. The number of hydrogen-bond acceptors (Lipinski definition) is 8. The van der Waals surface area contributed by atoms with Crippen LogP contribution in [0.5, 0.6) is 0 Å². The summed E-state index contributed by atoms with van der Waals surface area (Å²) in [5.74, 6) is -2.68. The Bertz CT molecular complexity index is 957. The Balaban J connectivity index is 1.63. The van der Waals surface area contributed by atoms with Crippen molar-refractivity contribution in [2.24, 2.45) is 28.6 Å². The van der Waals surface area contributed by atoms with Crippen LogP contribution in [0.25, 0.3) is 0 Å². The van der Waals surface area contributed by atoms with E-state index in [0.717, 1.165) is 6.92 Å². The highest BCUT2D eigenvalue weighted by Crippen LogP contribution is 2.68. The molecule has 0 amide bonds. The number of rotatable bonds is 6. The van der Waals surface area contributed by atoms with Crippen molar-refractivity contribution >= 4 is 11.8 Å². The molecule has 7 N–H and O–H groups in total. The highest BCUT2D eigenvalue weighted by molar-refractivity contribution is 5.95. The summed E-state index contributed by atoms with van der Waals surface area (Å²) in [6, 6.07) is 0. The van der Waals surface area contributed by atoms with E-state index in [4.69, 9.17) is 0 Å². The van der Waals surface area contributed by atoms with Gasteiger partial charge >= 0.3 is 5.97 Å². The maximum absolute atomic E-state index is 13.3. The maximum atomic E-state index is 13.3. The van der Waals surface area contributed by atoms with Crippen LogP contribution >= 0.6 is 0 Å². The normalized spacial score (nSPS) is 46.4. The van der Waals surface area contributed by atoms with Gasteiger partial charge in [-0.05, 0) is 94.1 Å². The van der Waals surface area contributed by atoms with Gasteiger partial charge in [-0.3, -0.25) is 4.79 Å². The van der Waals surface area contributed by atoms with Crippen molar-refractivity contribution in [2.45, 2.75) is 114 Å². The number of aliphatic carboxylic acids is 1. The smallest absolute Gasteiger partial charge is 0.335 e. The van der Waals surface area contributed by atoms with E-state index in [-0.39, 0.29) is 37.4 Å². The fourth-order valence-electron chi connectivity index (χ4n) is 8.36. The molecule has 0 heterocycles. The highest BCUT2D eigenvalue weighted by atomic mass is 16.4. The van der Waals surface area contributed by atoms with Crippen molar-refractivity contribution in [3.05, 3.63) is 11.6 Å². The third kappa shape index (κ3) is 3.81. The van der Waals surface area contributed by atoms with E-state index in [1.807, 2.05) is 13.8 Å². The molecule has 3 saturated carbocycles. The molecule has 36 heavy (non-hydrogen) atoms. The lowest BCUT2D eigenvalue weighted by Gasteiger charge is -2.60. The molecule has 0 bridgehead atoms. The molecule has 3 fully saturated rings. The number of aliphatic hydroxyl groups is 6. The van der Waals surface area contributed by atoms with Crippen LogP contribution in [-0.2, 0) is 9.59 Å². The fourth-order valence-corrected chi connectivity index (χ4v) is 8.36. The Hall–Kier alpha value is -1.36. The van der Waals surface area contributed by atoms with Gasteiger partial charge < -0.3 is 35.7 Å². The number of hydrogen-bond donors (Lipinski definition) is 7. The third-order valence-corrected chi connectivity index (χ3v) is 10.9. The second-order valence-electron chi connectivity index (χ2n) is 13.0. The lowest BCUT2D eigenvalue weighted by atomic mass is 9.45. The average Bonchev–Trinajstić information content (AvgIpc) is 3.06. The first-order chi connectivity index (χ1) is 16.4. The first kappa shape index (κ1) is 27.7. The molecule has 0 saturated heterocycles. The van der Waals surface area contributed by atoms with Crippen LogP contribution in [0, 0.1) is 28.6 Å². The number of carbonyl (C=O) groups is 2. The van der Waals surface area contributed by atoms with Crippen molar-refractivity contribution in [3.63, 3.8) is 0 Å². The lowest BCUT2D eigenvalue weighted by Crippen LogP contribution is -2.62. The van der Waals surface area contributed by atoms with Crippen LogP contribution in [0.2, 0.25) is 0 Å². The minimum absolute atomic E-state index is 0.138. The summed E-state index contributed by atoms with van der Waals surface area (Å²) < 4.78 is 0. The molecule has 4 aliphatic carbocycles. The van der Waals surface area contributed by atoms with Gasteiger partial charge in [0.2, 0.25) is 0 Å². The number of aliphatic hydroxyl groups excluding tert-OH is 3. The standard InChI is InChI=1S/C27H42O9/c1-23-13-19(30)18(29)12-16(23)17(28)11-15-14(23)5-8-24(2)20(6-10-27(15,24)36)26(4,35)21(31)7-9-25(3,34)22(32)33/h11,14,16,18-21,29-31,34-36H,5-10,12-13H2,1-4H3,(H,32,33). The van der Waals surface area contributed by atoms with Crippen LogP contribution in [0.15, 0.2) is 11.6 Å². The molecule has 0 radical (unpaired) electrons. The molecular weight excluding hydrogens is 468 g/mol. The zero-order valence-electron chi connectivity index (χ0n) is 21.6. The monoisotopic (exact) mass is 510 g/mol. The van der Waals surface area contributed by atoms with Crippen LogP contribution in [-0.4, -0.2) is 82.6 Å². The van der Waals surface area contributed by atoms with E-state index in [1.54, 1.807) is 0 Å². The minimum Gasteiger partial charge on any atom is -0.479 e. The van der Waals surface area contributed by atoms with Gasteiger partial charge in [0.25, 0.3) is 0 Å². The van der Waals surface area contributed by atoms with Gasteiger partial charge in [-0.15, -0.1) is 0 Å². The molecule has 204 valence electrons. The summed E-state index contributed by atoms with van der Waals surface area (Å²) in [5, 5.41) is 74.6. The molecule has 0 aromatic rings. The molecule has 4 aliphatic rings. The summed E-state index contributed by atoms with van der Waals surface area (Å²) in [5.41, 5.74) is -5.92. The second-order valence-corrected chi connectivity index (χ2v) is 13.0. The maximum Gasteiger partial charge on any atom is 0.335 e. The molecule has 0 aromatic heterocycles. The van der Waals surface area contributed by atoms with E-state index >= 15 is 0 Å². The topological polar surface area (TPSA) is 176 Å². The van der Waals surface area contributed by atoms with Gasteiger partial charge in [0, 0.05) is 11.3 Å². The molecule has 4 rings (SSSR count). The summed E-state index contributed by atoms with van der Waals surface area (Å²) in [7, 11) is 0. The molecule has 11 atom stereocenters. The number of carbonyl (C=O) groups excluding carboxylic acids is 1.